The molecule has 0 aliphatic heterocycles. The van der Waals surface area contributed by atoms with Gasteiger partial charge < -0.3 is 5.11 Å². The standard InChI is InChI=1S/C21H30O2/c1-13-12-19(2)14(11-18(13)22)5-6-15-16(19)7-9-20(3)17(15)8-10-21(20,4)23/h7,11,13,15,17,23H,5-6,8-10,12H2,1-4H3. The van der Waals surface area contributed by atoms with Crippen LogP contribution in [0.3, 0.4) is 0 Å². The smallest absolute Gasteiger partial charge is 0.158 e. The number of hydrogen-bond donors (Lipinski definition) is 1. The molecule has 2 nitrogen and oxygen atoms in total. The molecule has 0 saturated heterocycles. The molecule has 23 heavy (non-hydrogen) atoms. The van der Waals surface area contributed by atoms with E-state index in [1.54, 1.807) is 5.57 Å². The van der Waals surface area contributed by atoms with E-state index >= 15 is 0 Å². The molecule has 0 bridgehead atoms. The topological polar surface area (TPSA) is 37.3 Å². The Labute approximate surface area is 140 Å². The van der Waals surface area contributed by atoms with Crippen molar-refractivity contribution in [2.75, 3.05) is 0 Å². The van der Waals surface area contributed by atoms with Gasteiger partial charge in [0.25, 0.3) is 0 Å². The Hall–Kier alpha value is -0.890. The summed E-state index contributed by atoms with van der Waals surface area (Å²) in [4.78, 5) is 12.1. The van der Waals surface area contributed by atoms with Gasteiger partial charge in [-0.2, -0.15) is 0 Å². The second kappa shape index (κ2) is 4.59. The largest absolute Gasteiger partial charge is 0.390 e. The quantitative estimate of drug-likeness (QED) is 0.671. The molecule has 126 valence electrons. The van der Waals surface area contributed by atoms with E-state index in [1.807, 2.05) is 13.0 Å². The molecular weight excluding hydrogens is 284 g/mol. The third-order valence-corrected chi connectivity index (χ3v) is 8.21. The first kappa shape index (κ1) is 15.6. The molecule has 0 amide bonds. The Morgan fingerprint density at radius 1 is 1.22 bits per heavy atom. The van der Waals surface area contributed by atoms with Gasteiger partial charge in [-0.1, -0.05) is 38.0 Å². The first-order valence-corrected chi connectivity index (χ1v) is 9.37. The van der Waals surface area contributed by atoms with Gasteiger partial charge in [0.1, 0.15) is 0 Å². The summed E-state index contributed by atoms with van der Waals surface area (Å²) in [6, 6.07) is 0. The SMILES string of the molecule is CC1CC2(C)C(=CC1=O)CCC1C2=CCC2(C)C1CCC2(C)O. The van der Waals surface area contributed by atoms with Crippen molar-refractivity contribution in [3.8, 4) is 0 Å². The van der Waals surface area contributed by atoms with Gasteiger partial charge >= 0.3 is 0 Å². The molecule has 1 N–H and O–H groups in total. The number of carbonyl (C=O) groups excluding carboxylic acids is 1. The Kier molecular flexibility index (Phi) is 3.12. The van der Waals surface area contributed by atoms with E-state index in [-0.39, 0.29) is 16.7 Å². The van der Waals surface area contributed by atoms with Gasteiger partial charge in [0, 0.05) is 16.7 Å². The zero-order chi connectivity index (χ0) is 16.6. The highest BCUT2D eigenvalue weighted by atomic mass is 16.3. The summed E-state index contributed by atoms with van der Waals surface area (Å²) in [6.45, 7) is 8.80. The van der Waals surface area contributed by atoms with E-state index in [4.69, 9.17) is 0 Å². The van der Waals surface area contributed by atoms with Crippen LogP contribution in [0.5, 0.6) is 0 Å². The van der Waals surface area contributed by atoms with Crippen molar-refractivity contribution >= 4 is 5.78 Å². The molecule has 4 aliphatic rings. The van der Waals surface area contributed by atoms with Gasteiger partial charge in [0.15, 0.2) is 5.78 Å². The Balaban J connectivity index is 1.78. The van der Waals surface area contributed by atoms with E-state index in [2.05, 4.69) is 26.8 Å². The maximum absolute atomic E-state index is 12.1. The van der Waals surface area contributed by atoms with Gasteiger partial charge in [-0.3, -0.25) is 4.79 Å². The van der Waals surface area contributed by atoms with Gasteiger partial charge in [-0.05, 0) is 63.4 Å². The number of aliphatic hydroxyl groups is 1. The lowest BCUT2D eigenvalue weighted by Gasteiger charge is -2.55. The van der Waals surface area contributed by atoms with Crippen LogP contribution >= 0.6 is 0 Å². The minimum absolute atomic E-state index is 0.0227. The Morgan fingerprint density at radius 2 is 1.96 bits per heavy atom. The molecule has 0 aromatic rings. The molecule has 2 saturated carbocycles. The molecule has 6 atom stereocenters. The first-order valence-electron chi connectivity index (χ1n) is 9.37. The third-order valence-electron chi connectivity index (χ3n) is 8.21. The van der Waals surface area contributed by atoms with Gasteiger partial charge in [-0.25, -0.2) is 0 Å². The average molecular weight is 314 g/mol. The van der Waals surface area contributed by atoms with Crippen LogP contribution in [0, 0.1) is 28.6 Å². The predicted octanol–water partition coefficient (Wildman–Crippen LogP) is 4.44. The van der Waals surface area contributed by atoms with Crippen molar-refractivity contribution in [1.29, 1.82) is 0 Å². The summed E-state index contributed by atoms with van der Waals surface area (Å²) >= 11 is 0. The van der Waals surface area contributed by atoms with E-state index in [9.17, 15) is 9.90 Å². The van der Waals surface area contributed by atoms with Crippen molar-refractivity contribution in [2.45, 2.75) is 71.8 Å². The van der Waals surface area contributed by atoms with E-state index in [0.717, 1.165) is 38.5 Å². The molecule has 0 aromatic heterocycles. The molecule has 2 fully saturated rings. The van der Waals surface area contributed by atoms with Crippen molar-refractivity contribution in [2.24, 2.45) is 28.6 Å². The van der Waals surface area contributed by atoms with Crippen molar-refractivity contribution in [3.63, 3.8) is 0 Å². The van der Waals surface area contributed by atoms with Crippen molar-refractivity contribution < 1.29 is 9.90 Å². The second-order valence-corrected chi connectivity index (χ2v) is 9.35. The van der Waals surface area contributed by atoms with Crippen molar-refractivity contribution in [3.05, 3.63) is 23.3 Å². The molecule has 4 aliphatic carbocycles. The number of ketones is 1. The number of allylic oxidation sites excluding steroid dienone is 4. The van der Waals surface area contributed by atoms with Crippen LogP contribution in [-0.2, 0) is 4.79 Å². The third kappa shape index (κ3) is 1.88. The fourth-order valence-corrected chi connectivity index (χ4v) is 6.42. The van der Waals surface area contributed by atoms with E-state index < -0.39 is 5.60 Å². The molecule has 0 heterocycles. The number of carbonyl (C=O) groups is 1. The van der Waals surface area contributed by atoms with Crippen LogP contribution in [0.1, 0.15) is 66.2 Å². The maximum atomic E-state index is 12.1. The normalized spacial score (nSPS) is 52.2. The maximum Gasteiger partial charge on any atom is 0.158 e. The molecule has 2 heteroatoms. The average Bonchev–Trinajstić information content (AvgIpc) is 2.71. The van der Waals surface area contributed by atoms with Crippen LogP contribution < -0.4 is 0 Å². The zero-order valence-electron chi connectivity index (χ0n) is 15.0. The van der Waals surface area contributed by atoms with Crippen molar-refractivity contribution in [1.82, 2.24) is 0 Å². The van der Waals surface area contributed by atoms with Crippen LogP contribution in [0.15, 0.2) is 23.3 Å². The summed E-state index contributed by atoms with van der Waals surface area (Å²) < 4.78 is 0. The molecule has 6 unspecified atom stereocenters. The fourth-order valence-electron chi connectivity index (χ4n) is 6.42. The van der Waals surface area contributed by atoms with Crippen LogP contribution in [0.2, 0.25) is 0 Å². The molecule has 0 spiro atoms. The summed E-state index contributed by atoms with van der Waals surface area (Å²) in [7, 11) is 0. The second-order valence-electron chi connectivity index (χ2n) is 9.35. The lowest BCUT2D eigenvalue weighted by Crippen LogP contribution is -2.49. The highest BCUT2D eigenvalue weighted by molar-refractivity contribution is 5.93. The number of rotatable bonds is 0. The summed E-state index contributed by atoms with van der Waals surface area (Å²) in [5.74, 6) is 1.67. The van der Waals surface area contributed by atoms with Crippen LogP contribution in [-0.4, -0.2) is 16.5 Å². The highest BCUT2D eigenvalue weighted by Gasteiger charge is 2.60. The van der Waals surface area contributed by atoms with Gasteiger partial charge in [0.05, 0.1) is 5.60 Å². The minimum atomic E-state index is -0.535. The lowest BCUT2D eigenvalue weighted by molar-refractivity contribution is -0.119. The monoisotopic (exact) mass is 314 g/mol. The Bertz CT molecular complexity index is 626. The molecule has 4 rings (SSSR count). The number of hydrogen-bond acceptors (Lipinski definition) is 2. The van der Waals surface area contributed by atoms with E-state index in [1.165, 1.54) is 5.57 Å². The summed E-state index contributed by atoms with van der Waals surface area (Å²) in [5, 5.41) is 10.9. The van der Waals surface area contributed by atoms with E-state index in [0.29, 0.717) is 17.6 Å². The van der Waals surface area contributed by atoms with Crippen LogP contribution in [0.4, 0.5) is 0 Å². The number of fused-ring (bicyclic) bond motifs is 5. The molecule has 0 aromatic carbocycles. The first-order chi connectivity index (χ1) is 10.7. The molecular formula is C21H30O2. The predicted molar refractivity (Wildman–Crippen MR) is 91.9 cm³/mol. The fraction of sp³-hybridized carbons (Fsp3) is 0.762. The Morgan fingerprint density at radius 3 is 2.70 bits per heavy atom. The zero-order valence-corrected chi connectivity index (χ0v) is 15.0. The highest BCUT2D eigenvalue weighted by Crippen LogP contribution is 2.65. The molecule has 0 radical (unpaired) electrons. The van der Waals surface area contributed by atoms with Crippen LogP contribution in [0.25, 0.3) is 0 Å². The van der Waals surface area contributed by atoms with Gasteiger partial charge in [-0.15, -0.1) is 0 Å². The minimum Gasteiger partial charge on any atom is -0.390 e. The summed E-state index contributed by atoms with van der Waals surface area (Å²) in [6.07, 6.45) is 10.7. The lowest BCUT2D eigenvalue weighted by atomic mass is 9.50. The summed E-state index contributed by atoms with van der Waals surface area (Å²) in [5.41, 5.74) is 2.54. The van der Waals surface area contributed by atoms with Gasteiger partial charge in [0.2, 0.25) is 0 Å².